The van der Waals surface area contributed by atoms with E-state index in [4.69, 9.17) is 9.47 Å². The predicted octanol–water partition coefficient (Wildman–Crippen LogP) is 5.30. The molecule has 0 heterocycles. The summed E-state index contributed by atoms with van der Waals surface area (Å²) in [6.45, 7) is 5.06. The lowest BCUT2D eigenvalue weighted by molar-refractivity contribution is -0.123. The number of hydrogen-bond donors (Lipinski definition) is 1. The second-order valence-electron chi connectivity index (χ2n) is 6.84. The smallest absolute Gasteiger partial charge is 0.258 e. The lowest BCUT2D eigenvalue weighted by Gasteiger charge is -2.12. The summed E-state index contributed by atoms with van der Waals surface area (Å²) in [7, 11) is 0. The van der Waals surface area contributed by atoms with Gasteiger partial charge in [0.15, 0.2) is 6.61 Å². The van der Waals surface area contributed by atoms with Crippen LogP contribution >= 0.6 is 15.9 Å². The van der Waals surface area contributed by atoms with Gasteiger partial charge in [0, 0.05) is 0 Å². The van der Waals surface area contributed by atoms with Gasteiger partial charge in [0.1, 0.15) is 18.1 Å². The maximum atomic E-state index is 12.0. The number of amides is 1. The van der Waals surface area contributed by atoms with Crippen LogP contribution in [0.5, 0.6) is 11.5 Å². The van der Waals surface area contributed by atoms with Crippen molar-refractivity contribution in [3.8, 4) is 11.5 Å². The normalized spacial score (nSPS) is 10.9. The average Bonchev–Trinajstić information content (AvgIpc) is 2.70. The molecule has 3 aromatic rings. The lowest BCUT2D eigenvalue weighted by atomic mass is 10.0. The van der Waals surface area contributed by atoms with Crippen LogP contribution in [0.2, 0.25) is 0 Å². The summed E-state index contributed by atoms with van der Waals surface area (Å²) < 4.78 is 12.2. The minimum atomic E-state index is -0.179. The van der Waals surface area contributed by atoms with E-state index in [1.54, 1.807) is 0 Å². The molecule has 0 bridgehead atoms. The zero-order valence-electron chi connectivity index (χ0n) is 16.1. The molecule has 0 atom stereocenters. The van der Waals surface area contributed by atoms with Crippen molar-refractivity contribution in [3.63, 3.8) is 0 Å². The summed E-state index contributed by atoms with van der Waals surface area (Å²) in [4.78, 5) is 12.0. The lowest BCUT2D eigenvalue weighted by Crippen LogP contribution is -2.32. The van der Waals surface area contributed by atoms with Crippen molar-refractivity contribution in [2.75, 3.05) is 19.8 Å². The highest BCUT2D eigenvalue weighted by molar-refractivity contribution is 9.10. The van der Waals surface area contributed by atoms with Crippen LogP contribution in [0.3, 0.4) is 0 Å². The van der Waals surface area contributed by atoms with E-state index >= 15 is 0 Å². The van der Waals surface area contributed by atoms with E-state index in [0.717, 1.165) is 15.6 Å². The molecule has 5 heteroatoms. The van der Waals surface area contributed by atoms with Gasteiger partial charge in [-0.1, -0.05) is 50.2 Å². The Bertz CT molecular complexity index is 955. The first-order chi connectivity index (χ1) is 13.5. The first kappa shape index (κ1) is 20.2. The summed E-state index contributed by atoms with van der Waals surface area (Å²) in [5, 5.41) is 5.11. The van der Waals surface area contributed by atoms with Crippen molar-refractivity contribution >= 4 is 32.6 Å². The molecule has 1 amide bonds. The van der Waals surface area contributed by atoms with Gasteiger partial charge in [0.05, 0.1) is 11.0 Å². The van der Waals surface area contributed by atoms with Crippen molar-refractivity contribution in [1.29, 1.82) is 0 Å². The molecule has 3 aromatic carbocycles. The molecule has 146 valence electrons. The quantitative estimate of drug-likeness (QED) is 0.482. The van der Waals surface area contributed by atoms with E-state index in [-0.39, 0.29) is 12.5 Å². The molecule has 28 heavy (non-hydrogen) atoms. The van der Waals surface area contributed by atoms with Crippen molar-refractivity contribution < 1.29 is 14.3 Å². The summed E-state index contributed by atoms with van der Waals surface area (Å²) in [6, 6.07) is 20.0. The van der Waals surface area contributed by atoms with Crippen LogP contribution in [0.1, 0.15) is 25.3 Å². The number of ether oxygens (including phenoxy) is 2. The Morgan fingerprint density at radius 1 is 1.00 bits per heavy atom. The number of benzene rings is 3. The number of nitrogens with one attached hydrogen (secondary N) is 1. The van der Waals surface area contributed by atoms with Crippen LogP contribution in [-0.4, -0.2) is 25.7 Å². The summed E-state index contributed by atoms with van der Waals surface area (Å²) >= 11 is 3.50. The third-order valence-electron chi connectivity index (χ3n) is 4.40. The van der Waals surface area contributed by atoms with Crippen LogP contribution in [0, 0.1) is 0 Å². The van der Waals surface area contributed by atoms with Crippen molar-refractivity contribution in [1.82, 2.24) is 5.32 Å². The van der Waals surface area contributed by atoms with Gasteiger partial charge in [-0.05, 0) is 62.4 Å². The minimum absolute atomic E-state index is 0.0321. The molecule has 0 fully saturated rings. The summed E-state index contributed by atoms with van der Waals surface area (Å²) in [5.41, 5.74) is 1.22. The molecule has 0 saturated carbocycles. The second-order valence-corrected chi connectivity index (χ2v) is 7.69. The number of rotatable bonds is 8. The van der Waals surface area contributed by atoms with Crippen LogP contribution in [0.15, 0.2) is 65.1 Å². The van der Waals surface area contributed by atoms with E-state index in [1.807, 2.05) is 54.6 Å². The zero-order chi connectivity index (χ0) is 19.9. The number of carbonyl (C=O) groups is 1. The first-order valence-electron chi connectivity index (χ1n) is 9.33. The van der Waals surface area contributed by atoms with Crippen molar-refractivity contribution in [2.45, 2.75) is 19.8 Å². The summed E-state index contributed by atoms with van der Waals surface area (Å²) in [5.74, 6) is 1.71. The van der Waals surface area contributed by atoms with Gasteiger partial charge < -0.3 is 14.8 Å². The molecule has 0 aliphatic heterocycles. The molecular formula is C23H24BrNO3. The van der Waals surface area contributed by atoms with Gasteiger partial charge in [-0.2, -0.15) is 0 Å². The Hall–Kier alpha value is -2.53. The topological polar surface area (TPSA) is 47.6 Å². The molecule has 0 spiro atoms. The minimum Gasteiger partial charge on any atom is -0.492 e. The Morgan fingerprint density at radius 3 is 2.54 bits per heavy atom. The van der Waals surface area contributed by atoms with Crippen LogP contribution in [0.4, 0.5) is 0 Å². The second kappa shape index (κ2) is 9.60. The fourth-order valence-corrected chi connectivity index (χ4v) is 3.32. The number of hydrogen-bond acceptors (Lipinski definition) is 3. The number of carbonyl (C=O) groups excluding carboxylic acids is 1. The van der Waals surface area contributed by atoms with Gasteiger partial charge in [-0.3, -0.25) is 4.79 Å². The number of fused-ring (bicyclic) bond motifs is 1. The average molecular weight is 442 g/mol. The van der Waals surface area contributed by atoms with E-state index in [0.29, 0.717) is 24.8 Å². The summed E-state index contributed by atoms with van der Waals surface area (Å²) in [6.07, 6.45) is 0. The predicted molar refractivity (Wildman–Crippen MR) is 116 cm³/mol. The highest BCUT2D eigenvalue weighted by atomic mass is 79.9. The largest absolute Gasteiger partial charge is 0.492 e. The SMILES string of the molecule is CC(C)c1ccc(OCC(=O)NCCOc2ccc3ccccc3c2)c(Br)c1. The van der Waals surface area contributed by atoms with E-state index < -0.39 is 0 Å². The Morgan fingerprint density at radius 2 is 1.79 bits per heavy atom. The van der Waals surface area contributed by atoms with Gasteiger partial charge >= 0.3 is 0 Å². The first-order valence-corrected chi connectivity index (χ1v) is 10.1. The zero-order valence-corrected chi connectivity index (χ0v) is 17.7. The maximum absolute atomic E-state index is 12.0. The molecule has 0 aliphatic carbocycles. The molecule has 3 rings (SSSR count). The molecular weight excluding hydrogens is 418 g/mol. The third-order valence-corrected chi connectivity index (χ3v) is 5.01. The molecule has 4 nitrogen and oxygen atoms in total. The van der Waals surface area contributed by atoms with Crippen molar-refractivity contribution in [3.05, 3.63) is 70.7 Å². The Balaban J connectivity index is 1.40. The Kier molecular flexibility index (Phi) is 6.93. The molecule has 0 unspecified atom stereocenters. The number of halogens is 1. The molecule has 0 aliphatic rings. The van der Waals surface area contributed by atoms with Gasteiger partial charge in [0.2, 0.25) is 0 Å². The van der Waals surface area contributed by atoms with Gasteiger partial charge in [-0.15, -0.1) is 0 Å². The van der Waals surface area contributed by atoms with Crippen LogP contribution in [0.25, 0.3) is 10.8 Å². The third kappa shape index (κ3) is 5.49. The molecule has 0 saturated heterocycles. The van der Waals surface area contributed by atoms with E-state index in [2.05, 4.69) is 41.2 Å². The maximum Gasteiger partial charge on any atom is 0.258 e. The van der Waals surface area contributed by atoms with Gasteiger partial charge in [0.25, 0.3) is 5.91 Å². The highest BCUT2D eigenvalue weighted by Crippen LogP contribution is 2.28. The fourth-order valence-electron chi connectivity index (χ4n) is 2.80. The monoisotopic (exact) mass is 441 g/mol. The van der Waals surface area contributed by atoms with Crippen molar-refractivity contribution in [2.24, 2.45) is 0 Å². The van der Waals surface area contributed by atoms with E-state index in [9.17, 15) is 4.79 Å². The van der Waals surface area contributed by atoms with Crippen LogP contribution < -0.4 is 14.8 Å². The Labute approximate surface area is 174 Å². The van der Waals surface area contributed by atoms with Gasteiger partial charge in [-0.25, -0.2) is 0 Å². The standard InChI is InChI=1S/C23H24BrNO3/c1-16(2)18-8-10-22(21(24)14-18)28-15-23(26)25-11-12-27-20-9-7-17-5-3-4-6-19(17)13-20/h3-10,13-14,16H,11-12,15H2,1-2H3,(H,25,26). The molecule has 1 N–H and O–H groups in total. The van der Waals surface area contributed by atoms with E-state index in [1.165, 1.54) is 10.9 Å². The molecule has 0 aromatic heterocycles. The van der Waals surface area contributed by atoms with Crippen LogP contribution in [-0.2, 0) is 4.79 Å². The molecule has 0 radical (unpaired) electrons. The fraction of sp³-hybridized carbons (Fsp3) is 0.261. The highest BCUT2D eigenvalue weighted by Gasteiger charge is 2.08.